The zero-order chi connectivity index (χ0) is 13.2. The maximum atomic E-state index is 13.1. The first-order valence-electron chi connectivity index (χ1n) is 5.48. The molecule has 0 bridgehead atoms. The van der Waals surface area contributed by atoms with Crippen molar-refractivity contribution >= 4 is 22.8 Å². The van der Waals surface area contributed by atoms with Crippen LogP contribution in [0.5, 0.6) is 0 Å². The molecular weight excluding hydrogens is 272 g/mol. The first kappa shape index (κ1) is 12.1. The van der Waals surface area contributed by atoms with Crippen molar-refractivity contribution < 1.29 is 8.78 Å². The van der Waals surface area contributed by atoms with Gasteiger partial charge in [-0.15, -0.1) is 0 Å². The number of nitrogens with one attached hydrogen (secondary N) is 1. The van der Waals surface area contributed by atoms with E-state index in [4.69, 9.17) is 0 Å². The first-order chi connectivity index (χ1) is 9.25. The van der Waals surface area contributed by atoms with Crippen LogP contribution in [-0.4, -0.2) is 24.7 Å². The Kier molecular flexibility index (Phi) is 3.16. The molecule has 0 saturated heterocycles. The molecule has 0 aliphatic carbocycles. The molecule has 1 N–H and O–H groups in total. The Bertz CT molecular complexity index is 680. The van der Waals surface area contributed by atoms with E-state index in [9.17, 15) is 8.78 Å². The standard InChI is InChI=1S/C11H9F2N5S/c12-10(13)18-8-4-2-1-3-7(8)16-9(18)5-19-11-14-6-15-17-11/h1-4,6,10H,5H2,(H,14,15,17). The van der Waals surface area contributed by atoms with Crippen LogP contribution in [0.25, 0.3) is 11.0 Å². The van der Waals surface area contributed by atoms with E-state index in [2.05, 4.69) is 20.2 Å². The van der Waals surface area contributed by atoms with Crippen LogP contribution in [0.4, 0.5) is 8.78 Å². The molecule has 0 radical (unpaired) electrons. The summed E-state index contributed by atoms with van der Waals surface area (Å²) in [4.78, 5) is 8.16. The minimum absolute atomic E-state index is 0.300. The van der Waals surface area contributed by atoms with Crippen molar-refractivity contribution in [3.8, 4) is 0 Å². The zero-order valence-electron chi connectivity index (χ0n) is 9.62. The van der Waals surface area contributed by atoms with Gasteiger partial charge in [0.2, 0.25) is 0 Å². The van der Waals surface area contributed by atoms with E-state index in [0.29, 0.717) is 27.8 Å². The minimum Gasteiger partial charge on any atom is -0.269 e. The number of thioether (sulfide) groups is 1. The van der Waals surface area contributed by atoms with E-state index in [-0.39, 0.29) is 0 Å². The summed E-state index contributed by atoms with van der Waals surface area (Å²) in [6, 6.07) is 6.85. The number of hydrogen-bond acceptors (Lipinski definition) is 4. The molecule has 3 aromatic rings. The average Bonchev–Trinajstić information content (AvgIpc) is 3.03. The third-order valence-corrected chi connectivity index (χ3v) is 3.47. The summed E-state index contributed by atoms with van der Waals surface area (Å²) in [6.07, 6.45) is 1.37. The lowest BCUT2D eigenvalue weighted by Crippen LogP contribution is -2.03. The van der Waals surface area contributed by atoms with Gasteiger partial charge in [-0.25, -0.2) is 9.97 Å². The van der Waals surface area contributed by atoms with Gasteiger partial charge in [0, 0.05) is 0 Å². The van der Waals surface area contributed by atoms with Crippen molar-refractivity contribution in [2.24, 2.45) is 0 Å². The van der Waals surface area contributed by atoms with Crippen molar-refractivity contribution in [3.05, 3.63) is 36.4 Å². The number of para-hydroxylation sites is 2. The molecule has 0 fully saturated rings. The molecule has 0 aliphatic heterocycles. The second-order valence-electron chi connectivity index (χ2n) is 3.74. The smallest absolute Gasteiger partial charge is 0.269 e. The van der Waals surface area contributed by atoms with Crippen molar-refractivity contribution in [2.75, 3.05) is 0 Å². The van der Waals surface area contributed by atoms with Gasteiger partial charge in [0.05, 0.1) is 16.8 Å². The van der Waals surface area contributed by atoms with Crippen LogP contribution in [0.1, 0.15) is 12.4 Å². The molecule has 0 saturated carbocycles. The number of imidazole rings is 1. The number of halogens is 2. The fraction of sp³-hybridized carbons (Fsp3) is 0.182. The maximum absolute atomic E-state index is 13.1. The van der Waals surface area contributed by atoms with E-state index in [1.807, 2.05) is 0 Å². The highest BCUT2D eigenvalue weighted by molar-refractivity contribution is 7.98. The van der Waals surface area contributed by atoms with Gasteiger partial charge in [-0.3, -0.25) is 9.67 Å². The number of alkyl halides is 2. The van der Waals surface area contributed by atoms with Gasteiger partial charge in [0.25, 0.3) is 0 Å². The predicted molar refractivity (Wildman–Crippen MR) is 66.9 cm³/mol. The summed E-state index contributed by atoms with van der Waals surface area (Å²) in [7, 11) is 0. The number of rotatable bonds is 4. The van der Waals surface area contributed by atoms with Crippen LogP contribution in [0.15, 0.2) is 35.7 Å². The molecule has 0 atom stereocenters. The Balaban J connectivity index is 1.95. The van der Waals surface area contributed by atoms with E-state index in [1.165, 1.54) is 18.1 Å². The van der Waals surface area contributed by atoms with Crippen molar-refractivity contribution in [1.82, 2.24) is 24.7 Å². The van der Waals surface area contributed by atoms with Crippen LogP contribution in [0.3, 0.4) is 0 Å². The van der Waals surface area contributed by atoms with Gasteiger partial charge in [0.15, 0.2) is 5.16 Å². The number of H-pyrrole nitrogens is 1. The Morgan fingerprint density at radius 1 is 1.32 bits per heavy atom. The summed E-state index contributed by atoms with van der Waals surface area (Å²) < 4.78 is 27.2. The van der Waals surface area contributed by atoms with E-state index in [1.54, 1.807) is 24.3 Å². The largest absolute Gasteiger partial charge is 0.320 e. The SMILES string of the molecule is FC(F)n1c(CSc2ncn[nH]2)nc2ccccc21. The maximum Gasteiger partial charge on any atom is 0.320 e. The second-order valence-corrected chi connectivity index (χ2v) is 4.71. The quantitative estimate of drug-likeness (QED) is 0.747. The summed E-state index contributed by atoms with van der Waals surface area (Å²) in [5.41, 5.74) is 1.00. The summed E-state index contributed by atoms with van der Waals surface area (Å²) in [6.45, 7) is -2.61. The number of hydrogen-bond donors (Lipinski definition) is 1. The third kappa shape index (κ3) is 2.30. The number of fused-ring (bicyclic) bond motifs is 1. The van der Waals surface area contributed by atoms with Crippen LogP contribution >= 0.6 is 11.8 Å². The Morgan fingerprint density at radius 3 is 2.89 bits per heavy atom. The molecule has 8 heteroatoms. The molecule has 0 amide bonds. The molecule has 98 valence electrons. The number of benzene rings is 1. The molecule has 0 unspecified atom stereocenters. The van der Waals surface area contributed by atoms with E-state index < -0.39 is 6.55 Å². The molecule has 1 aromatic carbocycles. The highest BCUT2D eigenvalue weighted by Crippen LogP contribution is 2.26. The lowest BCUT2D eigenvalue weighted by Gasteiger charge is -2.06. The highest BCUT2D eigenvalue weighted by atomic mass is 32.2. The Labute approximate surface area is 111 Å². The number of aromatic amines is 1. The van der Waals surface area contributed by atoms with Gasteiger partial charge < -0.3 is 0 Å². The Hall–Kier alpha value is -1.96. The van der Waals surface area contributed by atoms with Crippen molar-refractivity contribution in [1.29, 1.82) is 0 Å². The molecule has 2 heterocycles. The Morgan fingerprint density at radius 2 is 2.16 bits per heavy atom. The monoisotopic (exact) mass is 281 g/mol. The normalized spacial score (nSPS) is 11.5. The third-order valence-electron chi connectivity index (χ3n) is 2.59. The summed E-state index contributed by atoms with van der Waals surface area (Å²) in [5.74, 6) is 0.617. The molecule has 5 nitrogen and oxygen atoms in total. The van der Waals surface area contributed by atoms with Gasteiger partial charge in [-0.1, -0.05) is 23.9 Å². The molecule has 19 heavy (non-hydrogen) atoms. The fourth-order valence-corrected chi connectivity index (χ4v) is 2.52. The van der Waals surface area contributed by atoms with Crippen LogP contribution in [0.2, 0.25) is 0 Å². The van der Waals surface area contributed by atoms with Gasteiger partial charge in [-0.05, 0) is 12.1 Å². The van der Waals surface area contributed by atoms with Gasteiger partial charge >= 0.3 is 6.55 Å². The minimum atomic E-state index is -2.61. The fourth-order valence-electron chi connectivity index (χ4n) is 1.81. The molecule has 2 aromatic heterocycles. The first-order valence-corrected chi connectivity index (χ1v) is 6.46. The number of aromatic nitrogens is 5. The summed E-state index contributed by atoms with van der Waals surface area (Å²) in [5, 5.41) is 6.95. The van der Waals surface area contributed by atoms with E-state index >= 15 is 0 Å². The second kappa shape index (κ2) is 4.96. The predicted octanol–water partition coefficient (Wildman–Crippen LogP) is 2.84. The van der Waals surface area contributed by atoms with Crippen LogP contribution < -0.4 is 0 Å². The summed E-state index contributed by atoms with van der Waals surface area (Å²) >= 11 is 1.28. The molecule has 0 aliphatic rings. The zero-order valence-corrected chi connectivity index (χ0v) is 10.4. The highest BCUT2D eigenvalue weighted by Gasteiger charge is 2.17. The van der Waals surface area contributed by atoms with Gasteiger partial charge in [-0.2, -0.15) is 13.9 Å². The lowest BCUT2D eigenvalue weighted by atomic mass is 10.3. The van der Waals surface area contributed by atoms with E-state index in [0.717, 1.165) is 4.57 Å². The van der Waals surface area contributed by atoms with Crippen molar-refractivity contribution in [3.63, 3.8) is 0 Å². The average molecular weight is 281 g/mol. The molecular formula is C11H9F2N5S. The molecule has 3 rings (SSSR count). The topological polar surface area (TPSA) is 59.4 Å². The number of nitrogens with zero attached hydrogens (tertiary/aromatic N) is 4. The lowest BCUT2D eigenvalue weighted by molar-refractivity contribution is 0.0722. The van der Waals surface area contributed by atoms with Crippen LogP contribution in [0, 0.1) is 0 Å². The van der Waals surface area contributed by atoms with Gasteiger partial charge in [0.1, 0.15) is 12.2 Å². The van der Waals surface area contributed by atoms with Crippen molar-refractivity contribution in [2.45, 2.75) is 17.5 Å². The molecule has 0 spiro atoms. The van der Waals surface area contributed by atoms with Crippen LogP contribution in [-0.2, 0) is 5.75 Å².